The molecule has 0 amide bonds. The van der Waals surface area contributed by atoms with Gasteiger partial charge in [0.2, 0.25) is 0 Å². The van der Waals surface area contributed by atoms with Crippen LogP contribution < -0.4 is 30.1 Å². The van der Waals surface area contributed by atoms with Gasteiger partial charge >= 0.3 is 197 Å². The van der Waals surface area contributed by atoms with Gasteiger partial charge in [0.25, 0.3) is 0 Å². The molecule has 1 heterocycles. The Morgan fingerprint density at radius 2 is 0.727 bits per heavy atom. The first kappa shape index (κ1) is 23.6. The third kappa shape index (κ3) is 3.42. The summed E-state index contributed by atoms with van der Waals surface area (Å²) in [6, 6.07) is 24.1. The monoisotopic (exact) mass is 468 g/mol. The van der Waals surface area contributed by atoms with E-state index in [0.29, 0.717) is 0 Å². The molecule has 0 unspecified atom stereocenters. The van der Waals surface area contributed by atoms with Crippen LogP contribution in [0.5, 0.6) is 17.2 Å². The third-order valence-electron chi connectivity index (χ3n) is 6.88. The molecule has 5 nitrogen and oxygen atoms in total. The van der Waals surface area contributed by atoms with Crippen molar-refractivity contribution in [2.75, 3.05) is 21.3 Å². The van der Waals surface area contributed by atoms with Crippen molar-refractivity contribution in [3.63, 3.8) is 0 Å². The van der Waals surface area contributed by atoms with Crippen molar-refractivity contribution in [1.29, 1.82) is 0 Å². The second-order valence-electron chi connectivity index (χ2n) is 9.25. The Hall–Kier alpha value is -2.59. The van der Waals surface area contributed by atoms with Crippen LogP contribution in [0.15, 0.2) is 72.8 Å². The SMILES string of the molecule is COc1ccc(P2(c3ccc(OC)cc3)(c3ccc(OC)cc3)OC(C)(C)C(C)(C)O2)cc1. The van der Waals surface area contributed by atoms with Crippen molar-refractivity contribution >= 4 is 23.0 Å². The normalized spacial score (nSPS) is 20.9. The molecule has 1 saturated heterocycles. The molecule has 1 aliphatic rings. The quantitative estimate of drug-likeness (QED) is 0.478. The molecule has 0 spiro atoms. The first-order chi connectivity index (χ1) is 15.6. The molecule has 0 saturated carbocycles. The number of hydrogen-bond donors (Lipinski definition) is 0. The van der Waals surface area contributed by atoms with Crippen molar-refractivity contribution in [2.45, 2.75) is 38.9 Å². The van der Waals surface area contributed by atoms with Crippen molar-refractivity contribution in [2.24, 2.45) is 0 Å². The predicted octanol–water partition coefficient (Wildman–Crippen LogP) is 4.98. The van der Waals surface area contributed by atoms with Crippen LogP contribution in [-0.2, 0) is 9.05 Å². The van der Waals surface area contributed by atoms with Crippen molar-refractivity contribution < 1.29 is 23.3 Å². The summed E-state index contributed by atoms with van der Waals surface area (Å²) < 4.78 is 31.0. The van der Waals surface area contributed by atoms with E-state index in [4.69, 9.17) is 23.3 Å². The third-order valence-corrected chi connectivity index (χ3v) is 12.2. The Labute approximate surface area is 196 Å². The summed E-state index contributed by atoms with van der Waals surface area (Å²) in [6.45, 7) is 8.38. The molecule has 4 rings (SSSR count). The predicted molar refractivity (Wildman–Crippen MR) is 135 cm³/mol. The van der Waals surface area contributed by atoms with Crippen LogP contribution in [0.1, 0.15) is 27.7 Å². The fraction of sp³-hybridized carbons (Fsp3) is 0.333. The van der Waals surface area contributed by atoms with Gasteiger partial charge in [-0.3, -0.25) is 0 Å². The second-order valence-corrected chi connectivity index (χ2v) is 13.1. The molecular weight excluding hydrogens is 435 g/mol. The summed E-state index contributed by atoms with van der Waals surface area (Å²) in [4.78, 5) is 0. The second kappa shape index (κ2) is 8.02. The van der Waals surface area contributed by atoms with Crippen LogP contribution in [0.2, 0.25) is 0 Å². The number of hydrogen-bond acceptors (Lipinski definition) is 5. The van der Waals surface area contributed by atoms with E-state index in [9.17, 15) is 0 Å². The zero-order chi connectivity index (χ0) is 23.9. The van der Waals surface area contributed by atoms with Gasteiger partial charge in [0.1, 0.15) is 0 Å². The molecule has 0 radical (unpaired) electrons. The molecule has 0 N–H and O–H groups in total. The van der Waals surface area contributed by atoms with Gasteiger partial charge in [0.05, 0.1) is 0 Å². The van der Waals surface area contributed by atoms with Crippen LogP contribution in [0.25, 0.3) is 0 Å². The summed E-state index contributed by atoms with van der Waals surface area (Å²) in [5.41, 5.74) is -1.16. The fourth-order valence-corrected chi connectivity index (χ4v) is 10.2. The minimum absolute atomic E-state index is 0.579. The van der Waals surface area contributed by atoms with E-state index in [0.717, 1.165) is 33.2 Å². The maximum atomic E-state index is 7.30. The van der Waals surface area contributed by atoms with Crippen LogP contribution in [0.4, 0.5) is 0 Å². The molecule has 0 aliphatic carbocycles. The average Bonchev–Trinajstić information content (AvgIpc) is 3.02. The number of methoxy groups -OCH3 is 3. The number of benzene rings is 3. The molecule has 3 aromatic rings. The first-order valence-corrected chi connectivity index (χ1v) is 13.1. The molecule has 3 aromatic carbocycles. The van der Waals surface area contributed by atoms with E-state index in [2.05, 4.69) is 64.1 Å². The zero-order valence-electron chi connectivity index (χ0n) is 20.4. The molecular formula is C27H33O5P. The van der Waals surface area contributed by atoms with Gasteiger partial charge in [-0.2, -0.15) is 0 Å². The molecule has 33 heavy (non-hydrogen) atoms. The summed E-state index contributed by atoms with van der Waals surface area (Å²) in [7, 11) is 1.12. The van der Waals surface area contributed by atoms with Crippen LogP contribution in [-0.4, -0.2) is 32.5 Å². The van der Waals surface area contributed by atoms with Gasteiger partial charge < -0.3 is 0 Å². The van der Waals surface area contributed by atoms with E-state index in [1.165, 1.54) is 0 Å². The standard InChI is InChI=1S/C27H33O5P/c1-26(2)27(3,4)32-33(31-26,23-14-8-20(28-5)9-15-23,24-16-10-21(29-6)11-17-24)25-18-12-22(30-7)13-19-25/h8-19H,1-7H3. The Bertz CT molecular complexity index is 980. The number of ether oxygens (including phenoxy) is 3. The summed E-state index contributed by atoms with van der Waals surface area (Å²) in [6.07, 6.45) is 0. The molecule has 6 heteroatoms. The van der Waals surface area contributed by atoms with Gasteiger partial charge in [-0.25, -0.2) is 0 Å². The molecule has 0 aromatic heterocycles. The van der Waals surface area contributed by atoms with Gasteiger partial charge in [0.15, 0.2) is 0 Å². The van der Waals surface area contributed by atoms with Crippen LogP contribution in [0, 0.1) is 0 Å². The molecule has 0 atom stereocenters. The maximum absolute atomic E-state index is 7.30. The summed E-state index contributed by atoms with van der Waals surface area (Å²) >= 11 is 0. The molecule has 0 bridgehead atoms. The van der Waals surface area contributed by atoms with Gasteiger partial charge in [0, 0.05) is 0 Å². The zero-order valence-corrected chi connectivity index (χ0v) is 21.3. The van der Waals surface area contributed by atoms with Crippen molar-refractivity contribution in [1.82, 2.24) is 0 Å². The fourth-order valence-electron chi connectivity index (χ4n) is 4.43. The summed E-state index contributed by atoms with van der Waals surface area (Å²) in [5.74, 6) is 2.33. The van der Waals surface area contributed by atoms with E-state index >= 15 is 0 Å². The number of rotatable bonds is 6. The summed E-state index contributed by atoms with van der Waals surface area (Å²) in [5, 5.41) is 2.90. The van der Waals surface area contributed by atoms with E-state index in [-0.39, 0.29) is 0 Å². The average molecular weight is 469 g/mol. The van der Waals surface area contributed by atoms with E-state index < -0.39 is 18.3 Å². The Kier molecular flexibility index (Phi) is 5.73. The Morgan fingerprint density at radius 1 is 0.485 bits per heavy atom. The Morgan fingerprint density at radius 3 is 0.939 bits per heavy atom. The van der Waals surface area contributed by atoms with Gasteiger partial charge in [-0.1, -0.05) is 0 Å². The van der Waals surface area contributed by atoms with Gasteiger partial charge in [-0.05, 0) is 0 Å². The van der Waals surface area contributed by atoms with Crippen molar-refractivity contribution in [3.8, 4) is 17.2 Å². The van der Waals surface area contributed by atoms with Crippen molar-refractivity contribution in [3.05, 3.63) is 72.8 Å². The van der Waals surface area contributed by atoms with Gasteiger partial charge in [-0.15, -0.1) is 0 Å². The minimum atomic E-state index is -3.88. The van der Waals surface area contributed by atoms with Crippen LogP contribution >= 0.6 is 7.06 Å². The van der Waals surface area contributed by atoms with E-state index in [1.807, 2.05) is 36.4 Å². The Balaban J connectivity index is 2.13. The molecule has 1 aliphatic heterocycles. The molecule has 1 fully saturated rings. The molecule has 176 valence electrons. The first-order valence-electron chi connectivity index (χ1n) is 11.0. The topological polar surface area (TPSA) is 46.2 Å². The van der Waals surface area contributed by atoms with E-state index in [1.54, 1.807) is 21.3 Å². The van der Waals surface area contributed by atoms with Crippen LogP contribution in [0.3, 0.4) is 0 Å².